The Labute approximate surface area is 154 Å². The predicted octanol–water partition coefficient (Wildman–Crippen LogP) is 3.97. The smallest absolute Gasteiger partial charge is 0.410 e. The zero-order valence-electron chi connectivity index (χ0n) is 15.9. The van der Waals surface area contributed by atoms with Crippen LogP contribution in [0.2, 0.25) is 0 Å². The summed E-state index contributed by atoms with van der Waals surface area (Å²) in [6, 6.07) is 4.11. The zero-order chi connectivity index (χ0) is 19.1. The molecule has 2 bridgehead atoms. The summed E-state index contributed by atoms with van der Waals surface area (Å²) in [5.74, 6) is 0.0617. The van der Waals surface area contributed by atoms with Crippen molar-refractivity contribution in [1.29, 1.82) is 0 Å². The van der Waals surface area contributed by atoms with Crippen LogP contribution in [0.5, 0.6) is 5.75 Å². The quantitative estimate of drug-likeness (QED) is 0.861. The van der Waals surface area contributed by atoms with E-state index in [0.717, 1.165) is 19.3 Å². The minimum Gasteiger partial charge on any atom is -0.497 e. The molecule has 6 heteroatoms. The number of amides is 1. The van der Waals surface area contributed by atoms with Crippen LogP contribution in [0.4, 0.5) is 9.18 Å². The van der Waals surface area contributed by atoms with Gasteiger partial charge < -0.3 is 19.5 Å². The molecule has 3 rings (SSSR count). The van der Waals surface area contributed by atoms with Crippen LogP contribution >= 0.6 is 0 Å². The first kappa shape index (κ1) is 19.0. The number of halogens is 1. The number of carbonyl (C=O) groups is 1. The normalized spacial score (nSPS) is 28.6. The maximum absolute atomic E-state index is 14.5. The molecule has 2 unspecified atom stereocenters. The Hall–Kier alpha value is -1.82. The van der Waals surface area contributed by atoms with E-state index in [4.69, 9.17) is 9.47 Å². The fraction of sp³-hybridized carbons (Fsp3) is 0.650. The summed E-state index contributed by atoms with van der Waals surface area (Å²) in [4.78, 5) is 14.4. The molecule has 144 valence electrons. The number of piperidine rings is 2. The van der Waals surface area contributed by atoms with E-state index in [9.17, 15) is 14.3 Å². The van der Waals surface area contributed by atoms with Gasteiger partial charge in [-0.25, -0.2) is 9.18 Å². The van der Waals surface area contributed by atoms with Crippen LogP contribution in [0.15, 0.2) is 18.2 Å². The second-order valence-electron chi connectivity index (χ2n) is 8.41. The lowest BCUT2D eigenvalue weighted by atomic mass is 9.72. The van der Waals surface area contributed by atoms with Gasteiger partial charge in [0.2, 0.25) is 0 Å². The molecule has 1 amide bonds. The molecule has 2 aliphatic rings. The van der Waals surface area contributed by atoms with Crippen LogP contribution in [-0.4, -0.2) is 40.9 Å². The highest BCUT2D eigenvalue weighted by Gasteiger charge is 2.50. The lowest BCUT2D eigenvalue weighted by Crippen LogP contribution is -2.59. The van der Waals surface area contributed by atoms with Gasteiger partial charge in [0.25, 0.3) is 0 Å². The second-order valence-corrected chi connectivity index (χ2v) is 8.41. The molecule has 26 heavy (non-hydrogen) atoms. The van der Waals surface area contributed by atoms with Crippen molar-refractivity contribution in [3.05, 3.63) is 29.6 Å². The fourth-order valence-electron chi connectivity index (χ4n) is 4.25. The minimum atomic E-state index is -1.31. The Morgan fingerprint density at radius 1 is 1.27 bits per heavy atom. The van der Waals surface area contributed by atoms with E-state index in [2.05, 4.69) is 0 Å². The molecule has 2 fully saturated rings. The average molecular weight is 365 g/mol. The lowest BCUT2D eigenvalue weighted by molar-refractivity contribution is -0.0979. The molecule has 2 saturated heterocycles. The van der Waals surface area contributed by atoms with Crippen molar-refractivity contribution in [3.8, 4) is 5.75 Å². The van der Waals surface area contributed by atoms with E-state index in [0.29, 0.717) is 18.6 Å². The van der Waals surface area contributed by atoms with Crippen LogP contribution in [0.1, 0.15) is 58.4 Å². The van der Waals surface area contributed by atoms with Gasteiger partial charge in [-0.3, -0.25) is 0 Å². The SMILES string of the molecule is COc1ccc(F)c(C2(O)CC3CCCC(C2)N3C(=O)OC(C)(C)C)c1. The van der Waals surface area contributed by atoms with Crippen LogP contribution in [-0.2, 0) is 10.3 Å². The monoisotopic (exact) mass is 365 g/mol. The summed E-state index contributed by atoms with van der Waals surface area (Å²) in [5.41, 5.74) is -1.64. The van der Waals surface area contributed by atoms with Crippen molar-refractivity contribution in [1.82, 2.24) is 4.90 Å². The summed E-state index contributed by atoms with van der Waals surface area (Å²) in [5, 5.41) is 11.3. The van der Waals surface area contributed by atoms with Crippen LogP contribution < -0.4 is 4.74 Å². The van der Waals surface area contributed by atoms with Crippen LogP contribution in [0.25, 0.3) is 0 Å². The van der Waals surface area contributed by atoms with E-state index < -0.39 is 17.0 Å². The third-order valence-electron chi connectivity index (χ3n) is 5.29. The highest BCUT2D eigenvalue weighted by Crippen LogP contribution is 2.46. The Bertz CT molecular complexity index is 671. The average Bonchev–Trinajstić information content (AvgIpc) is 2.52. The number of benzene rings is 1. The zero-order valence-corrected chi connectivity index (χ0v) is 15.9. The molecule has 0 aliphatic carbocycles. The maximum Gasteiger partial charge on any atom is 0.410 e. The predicted molar refractivity (Wildman–Crippen MR) is 95.6 cm³/mol. The van der Waals surface area contributed by atoms with Crippen molar-refractivity contribution in [2.45, 2.75) is 76.2 Å². The van der Waals surface area contributed by atoms with E-state index in [1.165, 1.54) is 13.2 Å². The van der Waals surface area contributed by atoms with Crippen molar-refractivity contribution in [3.63, 3.8) is 0 Å². The number of ether oxygens (including phenoxy) is 2. The van der Waals surface area contributed by atoms with E-state index in [-0.39, 0.29) is 23.7 Å². The molecule has 0 aromatic heterocycles. The fourth-order valence-corrected chi connectivity index (χ4v) is 4.25. The minimum absolute atomic E-state index is 0.159. The number of hydrogen-bond acceptors (Lipinski definition) is 4. The summed E-state index contributed by atoms with van der Waals surface area (Å²) >= 11 is 0. The first-order valence-electron chi connectivity index (χ1n) is 9.21. The number of carbonyl (C=O) groups excluding carboxylic acids is 1. The number of methoxy groups -OCH3 is 1. The highest BCUT2D eigenvalue weighted by atomic mass is 19.1. The van der Waals surface area contributed by atoms with E-state index >= 15 is 0 Å². The molecular weight excluding hydrogens is 337 g/mol. The molecule has 0 spiro atoms. The summed E-state index contributed by atoms with van der Waals surface area (Å²) in [6.45, 7) is 5.52. The van der Waals surface area contributed by atoms with Gasteiger partial charge in [-0.15, -0.1) is 0 Å². The van der Waals surface area contributed by atoms with E-state index in [1.807, 2.05) is 20.8 Å². The molecule has 5 nitrogen and oxygen atoms in total. The third-order valence-corrected chi connectivity index (χ3v) is 5.29. The third kappa shape index (κ3) is 3.65. The summed E-state index contributed by atoms with van der Waals surface area (Å²) in [6.07, 6.45) is 2.80. The summed E-state index contributed by atoms with van der Waals surface area (Å²) < 4.78 is 25.2. The van der Waals surface area contributed by atoms with Crippen LogP contribution in [0, 0.1) is 5.82 Å². The molecule has 2 heterocycles. The first-order valence-corrected chi connectivity index (χ1v) is 9.21. The molecule has 1 N–H and O–H groups in total. The number of aliphatic hydroxyl groups is 1. The van der Waals surface area contributed by atoms with Crippen LogP contribution in [0.3, 0.4) is 0 Å². The highest BCUT2D eigenvalue weighted by molar-refractivity contribution is 5.69. The van der Waals surface area contributed by atoms with Crippen molar-refractivity contribution >= 4 is 6.09 Å². The summed E-state index contributed by atoms with van der Waals surface area (Å²) in [7, 11) is 1.51. The molecule has 0 saturated carbocycles. The van der Waals surface area contributed by atoms with E-state index in [1.54, 1.807) is 17.0 Å². The number of rotatable bonds is 2. The van der Waals surface area contributed by atoms with Gasteiger partial charge in [-0.2, -0.15) is 0 Å². The topological polar surface area (TPSA) is 59.0 Å². The standard InChI is InChI=1S/C20H28FNO4/c1-19(2,3)26-18(23)22-13-6-5-7-14(22)12-20(24,11-13)16-10-15(25-4)8-9-17(16)21/h8-10,13-14,24H,5-7,11-12H2,1-4H3. The largest absolute Gasteiger partial charge is 0.497 e. The number of fused-ring (bicyclic) bond motifs is 2. The van der Waals surface area contributed by atoms with Crippen molar-refractivity contribution in [2.24, 2.45) is 0 Å². The van der Waals surface area contributed by atoms with Crippen molar-refractivity contribution < 1.29 is 23.8 Å². The molecule has 2 atom stereocenters. The maximum atomic E-state index is 14.5. The Kier molecular flexibility index (Phi) is 4.90. The Morgan fingerprint density at radius 2 is 1.88 bits per heavy atom. The first-order chi connectivity index (χ1) is 12.1. The van der Waals surface area contributed by atoms with Gasteiger partial charge in [0, 0.05) is 30.5 Å². The number of nitrogens with zero attached hydrogens (tertiary/aromatic N) is 1. The van der Waals surface area contributed by atoms with Gasteiger partial charge in [0.15, 0.2) is 0 Å². The molecule has 1 aromatic carbocycles. The van der Waals surface area contributed by atoms with Gasteiger partial charge in [-0.05, 0) is 58.2 Å². The van der Waals surface area contributed by atoms with Gasteiger partial charge in [0.05, 0.1) is 12.7 Å². The Morgan fingerprint density at radius 3 is 2.42 bits per heavy atom. The lowest BCUT2D eigenvalue weighted by Gasteiger charge is -2.51. The molecule has 2 aliphatic heterocycles. The van der Waals surface area contributed by atoms with Crippen molar-refractivity contribution in [2.75, 3.05) is 7.11 Å². The molecular formula is C20H28FNO4. The second kappa shape index (κ2) is 6.72. The molecule has 1 aromatic rings. The van der Waals surface area contributed by atoms with Gasteiger partial charge in [-0.1, -0.05) is 0 Å². The molecule has 0 radical (unpaired) electrons. The number of hydrogen-bond donors (Lipinski definition) is 1. The Balaban J connectivity index is 1.88. The van der Waals surface area contributed by atoms with Gasteiger partial charge >= 0.3 is 6.09 Å². The van der Waals surface area contributed by atoms with Gasteiger partial charge in [0.1, 0.15) is 17.2 Å².